The summed E-state index contributed by atoms with van der Waals surface area (Å²) >= 11 is 0. The zero-order chi connectivity index (χ0) is 13.0. The summed E-state index contributed by atoms with van der Waals surface area (Å²) in [7, 11) is 0. The minimum absolute atomic E-state index is 0.261. The van der Waals surface area contributed by atoms with Crippen LogP contribution < -0.4 is 0 Å². The van der Waals surface area contributed by atoms with Crippen molar-refractivity contribution in [2.75, 3.05) is 0 Å². The van der Waals surface area contributed by atoms with Gasteiger partial charge in [-0.25, -0.2) is 9.18 Å². The molecule has 2 rings (SSSR count). The van der Waals surface area contributed by atoms with Gasteiger partial charge in [-0.1, -0.05) is 25.3 Å². The third-order valence-corrected chi connectivity index (χ3v) is 3.30. The molecule has 0 radical (unpaired) electrons. The maximum atomic E-state index is 13.2. The molecule has 1 aliphatic carbocycles. The summed E-state index contributed by atoms with van der Waals surface area (Å²) in [5.74, 6) is -1.95. The number of ether oxygens (including phenoxy) is 1. The second-order valence-corrected chi connectivity index (χ2v) is 4.69. The lowest BCUT2D eigenvalue weighted by Gasteiger charge is -2.22. The molecule has 0 atom stereocenters. The Labute approximate surface area is 106 Å². The SMILES string of the molecule is O=C(O)c1cc(COC2CCCCC2)ccc1F. The van der Waals surface area contributed by atoms with Gasteiger partial charge in [0.05, 0.1) is 18.3 Å². The van der Waals surface area contributed by atoms with Crippen LogP contribution in [0, 0.1) is 5.82 Å². The maximum Gasteiger partial charge on any atom is 0.338 e. The number of aromatic carboxylic acids is 1. The Morgan fingerprint density at radius 3 is 2.72 bits per heavy atom. The first-order valence-corrected chi connectivity index (χ1v) is 6.30. The van der Waals surface area contributed by atoms with Crippen LogP contribution in [-0.4, -0.2) is 17.2 Å². The van der Waals surface area contributed by atoms with Gasteiger partial charge in [-0.3, -0.25) is 0 Å². The van der Waals surface area contributed by atoms with E-state index in [1.165, 1.54) is 31.4 Å². The van der Waals surface area contributed by atoms with Crippen molar-refractivity contribution in [3.63, 3.8) is 0 Å². The van der Waals surface area contributed by atoms with Crippen molar-refractivity contribution in [1.82, 2.24) is 0 Å². The molecular formula is C14H17FO3. The van der Waals surface area contributed by atoms with Crippen molar-refractivity contribution in [3.8, 4) is 0 Å². The predicted octanol–water partition coefficient (Wildman–Crippen LogP) is 3.37. The van der Waals surface area contributed by atoms with Crippen molar-refractivity contribution >= 4 is 5.97 Å². The average Bonchev–Trinajstić information content (AvgIpc) is 2.38. The van der Waals surface area contributed by atoms with Crippen molar-refractivity contribution in [3.05, 3.63) is 35.1 Å². The second kappa shape index (κ2) is 5.96. The van der Waals surface area contributed by atoms with E-state index in [9.17, 15) is 9.18 Å². The van der Waals surface area contributed by atoms with Gasteiger partial charge in [-0.2, -0.15) is 0 Å². The Kier molecular flexibility index (Phi) is 4.31. The number of hydrogen-bond donors (Lipinski definition) is 1. The minimum atomic E-state index is -1.24. The van der Waals surface area contributed by atoms with Crippen LogP contribution in [0.5, 0.6) is 0 Å². The molecule has 0 unspecified atom stereocenters. The molecule has 1 aliphatic rings. The van der Waals surface area contributed by atoms with Crippen molar-refractivity contribution in [2.24, 2.45) is 0 Å². The van der Waals surface area contributed by atoms with Gasteiger partial charge in [0.2, 0.25) is 0 Å². The summed E-state index contributed by atoms with van der Waals surface area (Å²) < 4.78 is 18.9. The fourth-order valence-corrected chi connectivity index (χ4v) is 2.27. The number of carboxylic acid groups (broad SMARTS) is 1. The molecule has 0 amide bonds. The molecule has 0 aromatic heterocycles. The molecule has 18 heavy (non-hydrogen) atoms. The second-order valence-electron chi connectivity index (χ2n) is 4.69. The smallest absolute Gasteiger partial charge is 0.338 e. The Morgan fingerprint density at radius 2 is 2.06 bits per heavy atom. The van der Waals surface area contributed by atoms with Crippen LogP contribution in [0.2, 0.25) is 0 Å². The molecule has 1 N–H and O–H groups in total. The normalized spacial score (nSPS) is 16.7. The van der Waals surface area contributed by atoms with Gasteiger partial charge in [0.1, 0.15) is 5.82 Å². The monoisotopic (exact) mass is 252 g/mol. The number of benzene rings is 1. The van der Waals surface area contributed by atoms with Crippen molar-refractivity contribution in [2.45, 2.75) is 44.8 Å². The summed E-state index contributed by atoms with van der Waals surface area (Å²) in [6, 6.07) is 4.11. The highest BCUT2D eigenvalue weighted by Crippen LogP contribution is 2.21. The third-order valence-electron chi connectivity index (χ3n) is 3.30. The van der Waals surface area contributed by atoms with Gasteiger partial charge in [0.15, 0.2) is 0 Å². The predicted molar refractivity (Wildman–Crippen MR) is 65.0 cm³/mol. The van der Waals surface area contributed by atoms with E-state index in [2.05, 4.69) is 0 Å². The van der Waals surface area contributed by atoms with Crippen LogP contribution in [-0.2, 0) is 11.3 Å². The zero-order valence-corrected chi connectivity index (χ0v) is 10.2. The summed E-state index contributed by atoms with van der Waals surface area (Å²) in [5, 5.41) is 8.83. The standard InChI is InChI=1S/C14H17FO3/c15-13-7-6-10(8-12(13)14(16)17)9-18-11-4-2-1-3-5-11/h6-8,11H,1-5,9H2,(H,16,17). The van der Waals surface area contributed by atoms with E-state index in [0.717, 1.165) is 12.8 Å². The minimum Gasteiger partial charge on any atom is -0.478 e. The molecule has 0 aliphatic heterocycles. The summed E-state index contributed by atoms with van der Waals surface area (Å²) in [6.45, 7) is 0.352. The molecule has 0 saturated heterocycles. The topological polar surface area (TPSA) is 46.5 Å². The van der Waals surface area contributed by atoms with Crippen LogP contribution >= 0.6 is 0 Å². The quantitative estimate of drug-likeness (QED) is 0.893. The largest absolute Gasteiger partial charge is 0.478 e. The van der Waals surface area contributed by atoms with E-state index in [4.69, 9.17) is 9.84 Å². The highest BCUT2D eigenvalue weighted by molar-refractivity contribution is 5.88. The lowest BCUT2D eigenvalue weighted by Crippen LogP contribution is -2.16. The first-order valence-electron chi connectivity index (χ1n) is 6.30. The lowest BCUT2D eigenvalue weighted by molar-refractivity contribution is 0.0168. The molecule has 1 aromatic carbocycles. The van der Waals surface area contributed by atoms with E-state index < -0.39 is 11.8 Å². The summed E-state index contributed by atoms with van der Waals surface area (Å²) in [4.78, 5) is 10.8. The fraction of sp³-hybridized carbons (Fsp3) is 0.500. The van der Waals surface area contributed by atoms with Crippen LogP contribution in [0.1, 0.15) is 48.0 Å². The highest BCUT2D eigenvalue weighted by atomic mass is 19.1. The van der Waals surface area contributed by atoms with E-state index in [0.29, 0.717) is 12.2 Å². The number of hydrogen-bond acceptors (Lipinski definition) is 2. The van der Waals surface area contributed by atoms with Gasteiger partial charge in [-0.05, 0) is 30.5 Å². The molecule has 0 bridgehead atoms. The van der Waals surface area contributed by atoms with Gasteiger partial charge >= 0.3 is 5.97 Å². The van der Waals surface area contributed by atoms with E-state index in [-0.39, 0.29) is 11.7 Å². The van der Waals surface area contributed by atoms with E-state index >= 15 is 0 Å². The molecule has 0 spiro atoms. The Balaban J connectivity index is 1.96. The Morgan fingerprint density at radius 1 is 1.33 bits per heavy atom. The van der Waals surface area contributed by atoms with Crippen LogP contribution in [0.3, 0.4) is 0 Å². The first kappa shape index (κ1) is 13.0. The van der Waals surface area contributed by atoms with E-state index in [1.807, 2.05) is 0 Å². The molecule has 1 aromatic rings. The van der Waals surface area contributed by atoms with Crippen LogP contribution in [0.25, 0.3) is 0 Å². The van der Waals surface area contributed by atoms with E-state index in [1.54, 1.807) is 6.07 Å². The lowest BCUT2D eigenvalue weighted by atomic mass is 9.98. The Bertz CT molecular complexity index is 425. The molecular weight excluding hydrogens is 235 g/mol. The Hall–Kier alpha value is -1.42. The molecule has 98 valence electrons. The summed E-state index contributed by atoms with van der Waals surface area (Å²) in [6.07, 6.45) is 6.03. The molecule has 4 heteroatoms. The number of carboxylic acids is 1. The number of carbonyl (C=O) groups is 1. The highest BCUT2D eigenvalue weighted by Gasteiger charge is 2.15. The van der Waals surface area contributed by atoms with Gasteiger partial charge in [0.25, 0.3) is 0 Å². The molecule has 3 nitrogen and oxygen atoms in total. The molecule has 1 fully saturated rings. The zero-order valence-electron chi connectivity index (χ0n) is 10.2. The fourth-order valence-electron chi connectivity index (χ4n) is 2.27. The van der Waals surface area contributed by atoms with Crippen molar-refractivity contribution < 1.29 is 19.0 Å². The van der Waals surface area contributed by atoms with Gasteiger partial charge in [0, 0.05) is 0 Å². The molecule has 0 heterocycles. The average molecular weight is 252 g/mol. The van der Waals surface area contributed by atoms with Crippen LogP contribution in [0.4, 0.5) is 4.39 Å². The van der Waals surface area contributed by atoms with Crippen molar-refractivity contribution in [1.29, 1.82) is 0 Å². The third kappa shape index (κ3) is 3.29. The molecule has 1 saturated carbocycles. The number of halogens is 1. The first-order chi connectivity index (χ1) is 8.66. The van der Waals surface area contributed by atoms with Crippen LogP contribution in [0.15, 0.2) is 18.2 Å². The van der Waals surface area contributed by atoms with Gasteiger partial charge in [-0.15, -0.1) is 0 Å². The maximum absolute atomic E-state index is 13.2. The number of rotatable bonds is 4. The summed E-state index contributed by atoms with van der Waals surface area (Å²) in [5.41, 5.74) is 0.416. The van der Waals surface area contributed by atoms with Gasteiger partial charge < -0.3 is 9.84 Å².